The van der Waals surface area contributed by atoms with Gasteiger partial charge in [0.05, 0.1) is 7.11 Å². The Morgan fingerprint density at radius 2 is 2.38 bits per heavy atom. The van der Waals surface area contributed by atoms with E-state index in [1.165, 1.54) is 7.11 Å². The van der Waals surface area contributed by atoms with Gasteiger partial charge in [0.25, 0.3) is 0 Å². The van der Waals surface area contributed by atoms with Gasteiger partial charge < -0.3 is 10.5 Å². The van der Waals surface area contributed by atoms with Gasteiger partial charge in [0.15, 0.2) is 5.69 Å². The molecular formula is C9H12N2O2. The number of nitrogens with zero attached hydrogens (tertiary/aromatic N) is 1. The van der Waals surface area contributed by atoms with E-state index >= 15 is 0 Å². The van der Waals surface area contributed by atoms with Gasteiger partial charge >= 0.3 is 5.97 Å². The molecule has 1 rings (SSSR count). The predicted octanol–water partition coefficient (Wildman–Crippen LogP) is 0.635. The lowest BCUT2D eigenvalue weighted by Crippen LogP contribution is -2.12. The summed E-state index contributed by atoms with van der Waals surface area (Å²) in [7, 11) is 1.33. The molecule has 0 aliphatic rings. The highest BCUT2D eigenvalue weighted by atomic mass is 16.5. The lowest BCUT2D eigenvalue weighted by molar-refractivity contribution is 0.0592. The summed E-state index contributed by atoms with van der Waals surface area (Å²) in [5.74, 6) is -0.441. The number of carbonyl (C=O) groups is 1. The lowest BCUT2D eigenvalue weighted by atomic mass is 10.1. The monoisotopic (exact) mass is 180 g/mol. The second-order valence-corrected chi connectivity index (χ2v) is 2.65. The molecule has 0 aromatic carbocycles. The maximum absolute atomic E-state index is 11.2. The van der Waals surface area contributed by atoms with Gasteiger partial charge in [-0.2, -0.15) is 0 Å². The van der Waals surface area contributed by atoms with E-state index in [4.69, 9.17) is 5.73 Å². The summed E-state index contributed by atoms with van der Waals surface area (Å²) >= 11 is 0. The van der Waals surface area contributed by atoms with Crippen LogP contribution in [-0.4, -0.2) is 18.1 Å². The molecule has 1 aromatic heterocycles. The van der Waals surface area contributed by atoms with Crippen LogP contribution in [0.2, 0.25) is 0 Å². The van der Waals surface area contributed by atoms with Crippen molar-refractivity contribution >= 4 is 5.97 Å². The third-order valence-electron chi connectivity index (χ3n) is 1.87. The number of methoxy groups -OCH3 is 1. The van der Waals surface area contributed by atoms with Crippen LogP contribution >= 0.6 is 0 Å². The zero-order chi connectivity index (χ0) is 9.84. The minimum Gasteiger partial charge on any atom is -0.464 e. The fourth-order valence-electron chi connectivity index (χ4n) is 1.12. The van der Waals surface area contributed by atoms with Gasteiger partial charge in [-0.1, -0.05) is 0 Å². The molecule has 70 valence electrons. The average Bonchev–Trinajstić information content (AvgIpc) is 2.16. The van der Waals surface area contributed by atoms with Crippen molar-refractivity contribution in [2.45, 2.75) is 13.5 Å². The molecule has 0 saturated carbocycles. The smallest absolute Gasteiger partial charge is 0.356 e. The highest BCUT2D eigenvalue weighted by Gasteiger charge is 2.13. The van der Waals surface area contributed by atoms with Gasteiger partial charge in [-0.3, -0.25) is 0 Å². The van der Waals surface area contributed by atoms with Crippen LogP contribution in [0.1, 0.15) is 21.6 Å². The molecule has 13 heavy (non-hydrogen) atoms. The van der Waals surface area contributed by atoms with Crippen molar-refractivity contribution in [1.82, 2.24) is 4.98 Å². The molecule has 0 amide bonds. The van der Waals surface area contributed by atoms with Crippen molar-refractivity contribution in [3.63, 3.8) is 0 Å². The molecule has 4 heteroatoms. The van der Waals surface area contributed by atoms with E-state index in [1.54, 1.807) is 6.20 Å². The number of nitrogens with two attached hydrogens (primary N) is 1. The van der Waals surface area contributed by atoms with Crippen LogP contribution in [0, 0.1) is 6.92 Å². The third-order valence-corrected chi connectivity index (χ3v) is 1.87. The fourth-order valence-corrected chi connectivity index (χ4v) is 1.12. The lowest BCUT2D eigenvalue weighted by Gasteiger charge is -2.06. The van der Waals surface area contributed by atoms with Crippen LogP contribution in [-0.2, 0) is 11.3 Å². The maximum atomic E-state index is 11.2. The minimum absolute atomic E-state index is 0.296. The van der Waals surface area contributed by atoms with E-state index in [0.29, 0.717) is 12.2 Å². The summed E-state index contributed by atoms with van der Waals surface area (Å²) in [5, 5.41) is 0. The zero-order valence-corrected chi connectivity index (χ0v) is 7.70. The molecule has 0 fully saturated rings. The Kier molecular flexibility index (Phi) is 2.97. The van der Waals surface area contributed by atoms with Crippen LogP contribution in [0.4, 0.5) is 0 Å². The largest absolute Gasteiger partial charge is 0.464 e. The van der Waals surface area contributed by atoms with Gasteiger partial charge in [0, 0.05) is 18.3 Å². The number of ether oxygens (including phenoxy) is 1. The standard InChI is InChI=1S/C9H12N2O2/c1-6-3-4-11-8(7(6)5-10)9(12)13-2/h3-4H,5,10H2,1-2H3. The van der Waals surface area contributed by atoms with Crippen molar-refractivity contribution in [1.29, 1.82) is 0 Å². The summed E-state index contributed by atoms with van der Waals surface area (Å²) in [6, 6.07) is 1.81. The number of hydrogen-bond donors (Lipinski definition) is 1. The number of aromatic nitrogens is 1. The quantitative estimate of drug-likeness (QED) is 0.678. The number of pyridine rings is 1. The van der Waals surface area contributed by atoms with Crippen LogP contribution in [0.15, 0.2) is 12.3 Å². The van der Waals surface area contributed by atoms with Crippen LogP contribution in [0.3, 0.4) is 0 Å². The van der Waals surface area contributed by atoms with E-state index in [0.717, 1.165) is 11.1 Å². The first kappa shape index (κ1) is 9.67. The van der Waals surface area contributed by atoms with Crippen molar-refractivity contribution in [3.05, 3.63) is 29.1 Å². The number of hydrogen-bond acceptors (Lipinski definition) is 4. The summed E-state index contributed by atoms with van der Waals surface area (Å²) in [5.41, 5.74) is 7.51. The Morgan fingerprint density at radius 3 is 2.92 bits per heavy atom. The second-order valence-electron chi connectivity index (χ2n) is 2.65. The molecule has 0 unspecified atom stereocenters. The van der Waals surface area contributed by atoms with Crippen molar-refractivity contribution in [2.75, 3.05) is 7.11 Å². The molecule has 1 heterocycles. The first-order valence-electron chi connectivity index (χ1n) is 3.93. The Labute approximate surface area is 76.7 Å². The number of esters is 1. The summed E-state index contributed by atoms with van der Waals surface area (Å²) in [6.07, 6.45) is 1.57. The van der Waals surface area contributed by atoms with Gasteiger partial charge in [0.1, 0.15) is 0 Å². The molecule has 0 radical (unpaired) electrons. The summed E-state index contributed by atoms with van der Waals surface area (Å²) < 4.78 is 4.58. The van der Waals surface area contributed by atoms with E-state index in [-0.39, 0.29) is 0 Å². The molecular weight excluding hydrogens is 168 g/mol. The predicted molar refractivity (Wildman–Crippen MR) is 48.2 cm³/mol. The topological polar surface area (TPSA) is 65.2 Å². The van der Waals surface area contributed by atoms with Crippen LogP contribution in [0.25, 0.3) is 0 Å². The normalized spacial score (nSPS) is 9.77. The SMILES string of the molecule is COC(=O)c1nccc(C)c1CN. The molecule has 0 spiro atoms. The van der Waals surface area contributed by atoms with E-state index in [1.807, 2.05) is 13.0 Å². The van der Waals surface area contributed by atoms with Gasteiger partial charge in [-0.05, 0) is 18.6 Å². The summed E-state index contributed by atoms with van der Waals surface area (Å²) in [6.45, 7) is 2.18. The second kappa shape index (κ2) is 4.00. The Morgan fingerprint density at radius 1 is 1.69 bits per heavy atom. The third kappa shape index (κ3) is 1.84. The Bertz CT molecular complexity index is 323. The first-order valence-corrected chi connectivity index (χ1v) is 3.93. The molecule has 0 aliphatic carbocycles. The van der Waals surface area contributed by atoms with E-state index in [9.17, 15) is 4.79 Å². The van der Waals surface area contributed by atoms with E-state index in [2.05, 4.69) is 9.72 Å². The number of aryl methyl sites for hydroxylation is 1. The minimum atomic E-state index is -0.441. The van der Waals surface area contributed by atoms with Gasteiger partial charge in [0.2, 0.25) is 0 Å². The van der Waals surface area contributed by atoms with Crippen molar-refractivity contribution in [3.8, 4) is 0 Å². The highest BCUT2D eigenvalue weighted by molar-refractivity contribution is 5.89. The number of rotatable bonds is 2. The highest BCUT2D eigenvalue weighted by Crippen LogP contribution is 2.11. The fraction of sp³-hybridized carbons (Fsp3) is 0.333. The Hall–Kier alpha value is -1.42. The van der Waals surface area contributed by atoms with Gasteiger partial charge in [-0.15, -0.1) is 0 Å². The van der Waals surface area contributed by atoms with Gasteiger partial charge in [-0.25, -0.2) is 9.78 Å². The van der Waals surface area contributed by atoms with E-state index < -0.39 is 5.97 Å². The molecule has 0 saturated heterocycles. The summed E-state index contributed by atoms with van der Waals surface area (Å²) in [4.78, 5) is 15.1. The first-order chi connectivity index (χ1) is 6.20. The van der Waals surface area contributed by atoms with Crippen molar-refractivity contribution in [2.24, 2.45) is 5.73 Å². The molecule has 1 aromatic rings. The molecule has 0 aliphatic heterocycles. The Balaban J connectivity index is 3.20. The number of carbonyl (C=O) groups excluding carboxylic acids is 1. The average molecular weight is 180 g/mol. The molecule has 0 atom stereocenters. The maximum Gasteiger partial charge on any atom is 0.356 e. The molecule has 2 N–H and O–H groups in total. The van der Waals surface area contributed by atoms with Crippen LogP contribution in [0.5, 0.6) is 0 Å². The molecule has 4 nitrogen and oxygen atoms in total. The van der Waals surface area contributed by atoms with Crippen molar-refractivity contribution < 1.29 is 9.53 Å². The van der Waals surface area contributed by atoms with Crippen LogP contribution < -0.4 is 5.73 Å². The zero-order valence-electron chi connectivity index (χ0n) is 7.70. The molecule has 0 bridgehead atoms.